The number of nitrogens with zero attached hydrogens (tertiary/aromatic N) is 5. The van der Waals surface area contributed by atoms with Crippen molar-refractivity contribution in [3.63, 3.8) is 0 Å². The molecule has 1 saturated heterocycles. The van der Waals surface area contributed by atoms with Crippen molar-refractivity contribution in [2.45, 2.75) is 32.4 Å². The number of phenols is 1. The van der Waals surface area contributed by atoms with E-state index in [0.29, 0.717) is 22.9 Å². The number of carbonyl (C=O) groups is 1. The summed E-state index contributed by atoms with van der Waals surface area (Å²) >= 11 is 0. The van der Waals surface area contributed by atoms with Crippen LogP contribution in [0.5, 0.6) is 5.75 Å². The summed E-state index contributed by atoms with van der Waals surface area (Å²) in [7, 11) is 0. The number of phenolic OH excluding ortho intramolecular Hbond substituents is 1. The van der Waals surface area contributed by atoms with Crippen LogP contribution in [0.3, 0.4) is 0 Å². The molecule has 3 aromatic carbocycles. The Kier molecular flexibility index (Phi) is 7.11. The van der Waals surface area contributed by atoms with Gasteiger partial charge in [0.25, 0.3) is 0 Å². The van der Waals surface area contributed by atoms with Crippen molar-refractivity contribution in [3.8, 4) is 17.1 Å². The Hall–Kier alpha value is -4.76. The minimum Gasteiger partial charge on any atom is -0.508 e. The van der Waals surface area contributed by atoms with Crippen LogP contribution in [0.15, 0.2) is 85.1 Å². The molecule has 9 heteroatoms. The predicted octanol–water partition coefficient (Wildman–Crippen LogP) is 5.74. The molecule has 9 nitrogen and oxygen atoms in total. The van der Waals surface area contributed by atoms with E-state index in [-0.39, 0.29) is 17.7 Å². The number of likely N-dealkylation sites (tertiary alicyclic amines) is 1. The molecule has 0 saturated carbocycles. The Bertz CT molecular complexity index is 1640. The first kappa shape index (κ1) is 25.5. The Morgan fingerprint density at radius 1 is 0.950 bits per heavy atom. The Morgan fingerprint density at radius 2 is 1.73 bits per heavy atom. The van der Waals surface area contributed by atoms with Crippen molar-refractivity contribution in [1.82, 2.24) is 24.6 Å². The number of anilines is 3. The van der Waals surface area contributed by atoms with E-state index in [1.54, 1.807) is 18.2 Å². The first-order valence-electron chi connectivity index (χ1n) is 13.5. The van der Waals surface area contributed by atoms with Crippen molar-refractivity contribution in [2.24, 2.45) is 0 Å². The standard InChI is InChI=1S/C31H31N7O2/c1-21(39)33-24-10-6-11-25(18-24)34-30-28-19-32-38(31(28)36-29(35-30)23-9-5-12-27(40)17-23)26-13-15-37(16-14-26)20-22-7-3-2-4-8-22/h2-12,17-19,26,40H,13-16,20H2,1H3,(H,33,39)(H,34,35,36). The molecule has 0 bridgehead atoms. The van der Waals surface area contributed by atoms with Crippen LogP contribution in [-0.2, 0) is 11.3 Å². The lowest BCUT2D eigenvalue weighted by Gasteiger charge is -2.32. The van der Waals surface area contributed by atoms with Gasteiger partial charge in [-0.05, 0) is 48.7 Å². The van der Waals surface area contributed by atoms with E-state index in [9.17, 15) is 9.90 Å². The number of fused-ring (bicyclic) bond motifs is 1. The SMILES string of the molecule is CC(=O)Nc1cccc(Nc2nc(-c3cccc(O)c3)nc3c2cnn3C2CCN(Cc3ccccc3)CC2)c1. The molecule has 1 amide bonds. The van der Waals surface area contributed by atoms with Crippen molar-refractivity contribution in [3.05, 3.63) is 90.6 Å². The van der Waals surface area contributed by atoms with Crippen LogP contribution in [0, 0.1) is 0 Å². The van der Waals surface area contributed by atoms with Gasteiger partial charge in [-0.25, -0.2) is 14.6 Å². The summed E-state index contributed by atoms with van der Waals surface area (Å²) in [5, 5.41) is 21.9. The molecule has 0 radical (unpaired) electrons. The fourth-order valence-corrected chi connectivity index (χ4v) is 5.24. The van der Waals surface area contributed by atoms with Gasteiger partial charge in [0.2, 0.25) is 5.91 Å². The van der Waals surface area contributed by atoms with Crippen LogP contribution in [0.1, 0.15) is 31.4 Å². The zero-order chi connectivity index (χ0) is 27.5. The molecule has 3 N–H and O–H groups in total. The number of hydrogen-bond donors (Lipinski definition) is 3. The monoisotopic (exact) mass is 533 g/mol. The molecule has 202 valence electrons. The zero-order valence-electron chi connectivity index (χ0n) is 22.3. The molecule has 6 rings (SSSR count). The molecule has 1 aliphatic heterocycles. The smallest absolute Gasteiger partial charge is 0.221 e. The third-order valence-electron chi connectivity index (χ3n) is 7.16. The van der Waals surface area contributed by atoms with Crippen molar-refractivity contribution >= 4 is 34.1 Å². The Morgan fingerprint density at radius 3 is 2.50 bits per heavy atom. The van der Waals surface area contributed by atoms with Gasteiger partial charge in [0, 0.05) is 43.5 Å². The summed E-state index contributed by atoms with van der Waals surface area (Å²) in [5.41, 5.74) is 4.24. The molecule has 5 aromatic rings. The minimum atomic E-state index is -0.135. The van der Waals surface area contributed by atoms with Crippen LogP contribution in [-0.4, -0.2) is 48.8 Å². The molecule has 2 aromatic heterocycles. The highest BCUT2D eigenvalue weighted by Gasteiger charge is 2.25. The summed E-state index contributed by atoms with van der Waals surface area (Å²) in [5.74, 6) is 1.12. The molecule has 0 unspecified atom stereocenters. The number of benzene rings is 3. The lowest BCUT2D eigenvalue weighted by atomic mass is 10.0. The highest BCUT2D eigenvalue weighted by atomic mass is 16.3. The average molecular weight is 534 g/mol. The number of carbonyl (C=O) groups excluding carboxylic acids is 1. The molecular weight excluding hydrogens is 502 g/mol. The maximum absolute atomic E-state index is 11.6. The third-order valence-corrected chi connectivity index (χ3v) is 7.16. The second-order valence-electron chi connectivity index (χ2n) is 10.2. The number of aromatic nitrogens is 4. The van der Waals surface area contributed by atoms with E-state index in [2.05, 4.69) is 39.8 Å². The molecule has 0 spiro atoms. The van der Waals surface area contributed by atoms with E-state index in [1.165, 1.54) is 12.5 Å². The van der Waals surface area contributed by atoms with Gasteiger partial charge >= 0.3 is 0 Å². The molecular formula is C31H31N7O2. The van der Waals surface area contributed by atoms with Gasteiger partial charge in [-0.1, -0.05) is 48.5 Å². The first-order chi connectivity index (χ1) is 19.5. The zero-order valence-corrected chi connectivity index (χ0v) is 22.3. The van der Waals surface area contributed by atoms with Crippen LogP contribution in [0.2, 0.25) is 0 Å². The Balaban J connectivity index is 1.32. The molecule has 40 heavy (non-hydrogen) atoms. The van der Waals surface area contributed by atoms with Gasteiger partial charge < -0.3 is 15.7 Å². The molecule has 1 fully saturated rings. The lowest BCUT2D eigenvalue weighted by molar-refractivity contribution is -0.114. The summed E-state index contributed by atoms with van der Waals surface area (Å²) in [6.45, 7) is 4.39. The number of rotatable bonds is 7. The number of nitrogens with one attached hydrogen (secondary N) is 2. The van der Waals surface area contributed by atoms with E-state index in [4.69, 9.17) is 15.1 Å². The fourth-order valence-electron chi connectivity index (χ4n) is 5.24. The Labute approximate surface area is 232 Å². The summed E-state index contributed by atoms with van der Waals surface area (Å²) in [4.78, 5) is 23.8. The highest BCUT2D eigenvalue weighted by molar-refractivity contribution is 5.92. The van der Waals surface area contributed by atoms with Gasteiger partial charge in [0.05, 0.1) is 17.6 Å². The number of aromatic hydroxyl groups is 1. The average Bonchev–Trinajstić information content (AvgIpc) is 3.38. The summed E-state index contributed by atoms with van der Waals surface area (Å²) in [6, 6.07) is 25.2. The van der Waals surface area contributed by atoms with Crippen molar-refractivity contribution in [1.29, 1.82) is 0 Å². The van der Waals surface area contributed by atoms with Crippen LogP contribution in [0.25, 0.3) is 22.4 Å². The van der Waals surface area contributed by atoms with E-state index in [0.717, 1.165) is 49.2 Å². The topological polar surface area (TPSA) is 108 Å². The fraction of sp³-hybridized carbons (Fsp3) is 0.226. The summed E-state index contributed by atoms with van der Waals surface area (Å²) in [6.07, 6.45) is 3.76. The van der Waals surface area contributed by atoms with Gasteiger partial charge in [0.15, 0.2) is 11.5 Å². The second kappa shape index (κ2) is 11.2. The van der Waals surface area contributed by atoms with Crippen molar-refractivity contribution in [2.75, 3.05) is 23.7 Å². The number of hydrogen-bond acceptors (Lipinski definition) is 7. The largest absolute Gasteiger partial charge is 0.508 e. The van der Waals surface area contributed by atoms with E-state index in [1.807, 2.05) is 47.3 Å². The lowest BCUT2D eigenvalue weighted by Crippen LogP contribution is -2.34. The first-order valence-corrected chi connectivity index (χ1v) is 13.5. The maximum Gasteiger partial charge on any atom is 0.221 e. The predicted molar refractivity (Wildman–Crippen MR) is 156 cm³/mol. The van der Waals surface area contributed by atoms with Crippen LogP contribution in [0.4, 0.5) is 17.2 Å². The molecule has 3 heterocycles. The van der Waals surface area contributed by atoms with Gasteiger partial charge in [-0.15, -0.1) is 0 Å². The molecule has 0 atom stereocenters. The quantitative estimate of drug-likeness (QED) is 0.245. The van der Waals surface area contributed by atoms with Crippen LogP contribution >= 0.6 is 0 Å². The number of amides is 1. The number of piperidine rings is 1. The van der Waals surface area contributed by atoms with Gasteiger partial charge in [-0.3, -0.25) is 9.69 Å². The van der Waals surface area contributed by atoms with Crippen molar-refractivity contribution < 1.29 is 9.90 Å². The van der Waals surface area contributed by atoms with E-state index >= 15 is 0 Å². The third kappa shape index (κ3) is 5.64. The second-order valence-corrected chi connectivity index (χ2v) is 10.2. The molecule has 0 aliphatic carbocycles. The normalized spacial score (nSPS) is 14.3. The minimum absolute atomic E-state index is 0.135. The van der Waals surface area contributed by atoms with Gasteiger partial charge in [0.1, 0.15) is 11.6 Å². The highest BCUT2D eigenvalue weighted by Crippen LogP contribution is 2.32. The van der Waals surface area contributed by atoms with E-state index < -0.39 is 0 Å². The maximum atomic E-state index is 11.6. The summed E-state index contributed by atoms with van der Waals surface area (Å²) < 4.78 is 2.03. The van der Waals surface area contributed by atoms with Gasteiger partial charge in [-0.2, -0.15) is 5.10 Å². The van der Waals surface area contributed by atoms with Crippen LogP contribution < -0.4 is 10.6 Å². The molecule has 1 aliphatic rings.